The fourth-order valence-corrected chi connectivity index (χ4v) is 3.16. The third kappa shape index (κ3) is 4.01. The Kier molecular flexibility index (Phi) is 4.93. The normalized spacial score (nSPS) is 18.2. The second-order valence-electron chi connectivity index (χ2n) is 5.09. The Hall–Kier alpha value is -0.940. The van der Waals surface area contributed by atoms with E-state index < -0.39 is 12.2 Å². The van der Waals surface area contributed by atoms with Crippen LogP contribution in [0.4, 0.5) is 4.39 Å². The first-order valence-electron chi connectivity index (χ1n) is 6.64. The first-order chi connectivity index (χ1) is 9.13. The zero-order chi connectivity index (χ0) is 13.7. The Bertz CT molecular complexity index is 427. The van der Waals surface area contributed by atoms with E-state index in [9.17, 15) is 9.18 Å². The van der Waals surface area contributed by atoms with Gasteiger partial charge in [-0.3, -0.25) is 4.79 Å². The predicted molar refractivity (Wildman–Crippen MR) is 74.3 cm³/mol. The average Bonchev–Trinajstić information content (AvgIpc) is 2.83. The fourth-order valence-electron chi connectivity index (χ4n) is 2.27. The minimum Gasteiger partial charge on any atom is -0.381 e. The molecule has 19 heavy (non-hydrogen) atoms. The summed E-state index contributed by atoms with van der Waals surface area (Å²) in [7, 11) is 0. The molecule has 0 atom stereocenters. The van der Waals surface area contributed by atoms with Crippen LogP contribution in [0.1, 0.15) is 29.0 Å². The van der Waals surface area contributed by atoms with Crippen LogP contribution in [0, 0.1) is 6.92 Å². The van der Waals surface area contributed by atoms with E-state index in [1.807, 2.05) is 13.0 Å². The fraction of sp³-hybridized carbons (Fsp3) is 0.643. The van der Waals surface area contributed by atoms with Crippen LogP contribution in [0.3, 0.4) is 0 Å². The molecule has 1 fully saturated rings. The number of hydrogen-bond donors (Lipinski definition) is 1. The minimum absolute atomic E-state index is 0.0643. The van der Waals surface area contributed by atoms with E-state index in [1.165, 1.54) is 9.75 Å². The molecule has 2 rings (SSSR count). The smallest absolute Gasteiger partial charge is 0.220 e. The highest BCUT2D eigenvalue weighted by atomic mass is 32.1. The van der Waals surface area contributed by atoms with Crippen molar-refractivity contribution in [2.24, 2.45) is 0 Å². The number of halogens is 1. The summed E-state index contributed by atoms with van der Waals surface area (Å²) in [5.41, 5.74) is -0.694. The number of ether oxygens (including phenoxy) is 1. The third-order valence-corrected chi connectivity index (χ3v) is 4.57. The van der Waals surface area contributed by atoms with Gasteiger partial charge in [0.1, 0.15) is 6.67 Å². The maximum absolute atomic E-state index is 13.2. The molecule has 1 N–H and O–H groups in total. The lowest BCUT2D eigenvalue weighted by Crippen LogP contribution is -2.53. The Morgan fingerprint density at radius 3 is 2.79 bits per heavy atom. The maximum atomic E-state index is 13.2. The van der Waals surface area contributed by atoms with Crippen LogP contribution in [0.2, 0.25) is 0 Å². The van der Waals surface area contributed by atoms with Gasteiger partial charge in [0.2, 0.25) is 5.91 Å². The number of amides is 1. The summed E-state index contributed by atoms with van der Waals surface area (Å²) < 4.78 is 18.4. The molecule has 0 spiro atoms. The highest BCUT2D eigenvalue weighted by molar-refractivity contribution is 7.11. The molecule has 0 saturated carbocycles. The van der Waals surface area contributed by atoms with Crippen molar-refractivity contribution in [1.82, 2.24) is 5.32 Å². The second-order valence-corrected chi connectivity index (χ2v) is 6.46. The van der Waals surface area contributed by atoms with E-state index in [1.54, 1.807) is 11.3 Å². The average molecular weight is 285 g/mol. The topological polar surface area (TPSA) is 38.3 Å². The maximum Gasteiger partial charge on any atom is 0.220 e. The van der Waals surface area contributed by atoms with Gasteiger partial charge in [-0.2, -0.15) is 0 Å². The van der Waals surface area contributed by atoms with Gasteiger partial charge in [-0.25, -0.2) is 4.39 Å². The zero-order valence-corrected chi connectivity index (χ0v) is 12.0. The van der Waals surface area contributed by atoms with Crippen molar-refractivity contribution in [3.05, 3.63) is 21.9 Å². The molecule has 2 heterocycles. The molecule has 0 unspecified atom stereocenters. The van der Waals surface area contributed by atoms with Crippen molar-refractivity contribution in [3.8, 4) is 0 Å². The number of carbonyl (C=O) groups is 1. The van der Waals surface area contributed by atoms with Crippen molar-refractivity contribution >= 4 is 17.2 Å². The Balaban J connectivity index is 1.82. The van der Waals surface area contributed by atoms with Gasteiger partial charge in [0, 0.05) is 29.4 Å². The summed E-state index contributed by atoms with van der Waals surface area (Å²) in [6.45, 7) is 2.58. The summed E-state index contributed by atoms with van der Waals surface area (Å²) in [5.74, 6) is -0.0643. The summed E-state index contributed by atoms with van der Waals surface area (Å²) in [6.07, 6.45) is 2.27. The van der Waals surface area contributed by atoms with Crippen molar-refractivity contribution in [1.29, 1.82) is 0 Å². The molecule has 1 aromatic rings. The van der Waals surface area contributed by atoms with Gasteiger partial charge in [-0.05, 0) is 38.3 Å². The number of alkyl halides is 1. The van der Waals surface area contributed by atoms with Gasteiger partial charge < -0.3 is 10.1 Å². The van der Waals surface area contributed by atoms with Crippen LogP contribution >= 0.6 is 11.3 Å². The third-order valence-electron chi connectivity index (χ3n) is 3.50. The molecule has 0 aliphatic carbocycles. The standard InChI is InChI=1S/C14H20FNO2S/c1-11-2-3-12(19-11)4-5-13(17)16-14(10-15)6-8-18-9-7-14/h2-3H,4-10H2,1H3,(H,16,17). The molecule has 0 bridgehead atoms. The van der Waals surface area contributed by atoms with Crippen LogP contribution in [0.25, 0.3) is 0 Å². The van der Waals surface area contributed by atoms with Gasteiger partial charge in [0.15, 0.2) is 0 Å². The van der Waals surface area contributed by atoms with E-state index in [0.717, 1.165) is 6.42 Å². The quantitative estimate of drug-likeness (QED) is 0.903. The van der Waals surface area contributed by atoms with E-state index in [4.69, 9.17) is 4.74 Å². The number of carbonyl (C=O) groups excluding carboxylic acids is 1. The van der Waals surface area contributed by atoms with Crippen molar-refractivity contribution in [2.75, 3.05) is 19.9 Å². The van der Waals surface area contributed by atoms with Crippen LogP contribution in [-0.4, -0.2) is 31.3 Å². The Morgan fingerprint density at radius 2 is 2.21 bits per heavy atom. The lowest BCUT2D eigenvalue weighted by Gasteiger charge is -2.35. The summed E-state index contributed by atoms with van der Waals surface area (Å²) in [5, 5.41) is 2.87. The van der Waals surface area contributed by atoms with E-state index in [-0.39, 0.29) is 5.91 Å². The zero-order valence-electron chi connectivity index (χ0n) is 11.2. The second kappa shape index (κ2) is 6.48. The van der Waals surface area contributed by atoms with Gasteiger partial charge in [0.05, 0.1) is 5.54 Å². The van der Waals surface area contributed by atoms with Gasteiger partial charge in [-0.1, -0.05) is 0 Å². The number of aryl methyl sites for hydroxylation is 2. The van der Waals surface area contributed by atoms with Crippen LogP contribution in [0.5, 0.6) is 0 Å². The molecule has 1 aliphatic rings. The van der Waals surface area contributed by atoms with Crippen LogP contribution in [-0.2, 0) is 16.0 Å². The van der Waals surface area contributed by atoms with Gasteiger partial charge in [-0.15, -0.1) is 11.3 Å². The first-order valence-corrected chi connectivity index (χ1v) is 7.45. The van der Waals surface area contributed by atoms with Crippen LogP contribution in [0.15, 0.2) is 12.1 Å². The Morgan fingerprint density at radius 1 is 1.47 bits per heavy atom. The summed E-state index contributed by atoms with van der Waals surface area (Å²) >= 11 is 1.71. The molecule has 0 aromatic carbocycles. The van der Waals surface area contributed by atoms with Crippen molar-refractivity contribution in [2.45, 2.75) is 38.1 Å². The van der Waals surface area contributed by atoms with Gasteiger partial charge >= 0.3 is 0 Å². The van der Waals surface area contributed by atoms with Crippen molar-refractivity contribution < 1.29 is 13.9 Å². The largest absolute Gasteiger partial charge is 0.381 e. The molecule has 1 aliphatic heterocycles. The van der Waals surface area contributed by atoms with E-state index in [0.29, 0.717) is 32.5 Å². The molecule has 106 valence electrons. The highest BCUT2D eigenvalue weighted by Crippen LogP contribution is 2.22. The highest BCUT2D eigenvalue weighted by Gasteiger charge is 2.34. The Labute approximate surface area is 117 Å². The molecule has 1 amide bonds. The molecule has 3 nitrogen and oxygen atoms in total. The predicted octanol–water partition coefficient (Wildman–Crippen LogP) is 2.62. The molecule has 1 saturated heterocycles. The monoisotopic (exact) mass is 285 g/mol. The van der Waals surface area contributed by atoms with E-state index >= 15 is 0 Å². The molecule has 1 aromatic heterocycles. The van der Waals surface area contributed by atoms with Gasteiger partial charge in [0.25, 0.3) is 0 Å². The number of nitrogens with one attached hydrogen (secondary N) is 1. The van der Waals surface area contributed by atoms with Crippen molar-refractivity contribution in [3.63, 3.8) is 0 Å². The lowest BCUT2D eigenvalue weighted by atomic mass is 9.91. The lowest BCUT2D eigenvalue weighted by molar-refractivity contribution is -0.124. The molecule has 0 radical (unpaired) electrons. The number of hydrogen-bond acceptors (Lipinski definition) is 3. The number of thiophene rings is 1. The number of rotatable bonds is 5. The molecular formula is C14H20FNO2S. The van der Waals surface area contributed by atoms with Crippen LogP contribution < -0.4 is 5.32 Å². The minimum atomic E-state index is -0.694. The summed E-state index contributed by atoms with van der Waals surface area (Å²) in [4.78, 5) is 14.4. The SMILES string of the molecule is Cc1ccc(CCC(=O)NC2(CF)CCOCC2)s1. The molecular weight excluding hydrogens is 265 g/mol. The summed E-state index contributed by atoms with van der Waals surface area (Å²) in [6, 6.07) is 4.10. The first kappa shape index (κ1) is 14.5. The van der Waals surface area contributed by atoms with E-state index in [2.05, 4.69) is 11.4 Å². The molecule has 5 heteroatoms.